The number of carbonyl (C=O) groups excluding carboxylic acids is 1. The summed E-state index contributed by atoms with van der Waals surface area (Å²) in [4.78, 5) is 12.7. The van der Waals surface area contributed by atoms with Crippen molar-refractivity contribution in [1.29, 1.82) is 0 Å². The van der Waals surface area contributed by atoms with Gasteiger partial charge in [0.1, 0.15) is 4.90 Å². The lowest BCUT2D eigenvalue weighted by molar-refractivity contribution is 0.0956. The second kappa shape index (κ2) is 10.9. The van der Waals surface area contributed by atoms with Crippen molar-refractivity contribution in [3.63, 3.8) is 0 Å². The molecule has 35 heavy (non-hydrogen) atoms. The Morgan fingerprint density at radius 2 is 1.71 bits per heavy atom. The first-order chi connectivity index (χ1) is 16.9. The zero-order chi connectivity index (χ0) is 24.8. The van der Waals surface area contributed by atoms with Crippen LogP contribution in [0.3, 0.4) is 0 Å². The molecule has 0 aliphatic heterocycles. The molecule has 0 heterocycles. The number of amides is 1. The van der Waals surface area contributed by atoms with E-state index in [0.29, 0.717) is 21.3 Å². The number of carbonyl (C=O) groups is 1. The summed E-state index contributed by atoms with van der Waals surface area (Å²) in [5.74, 6) is 0.000617. The second-order valence-electron chi connectivity index (χ2n) is 7.34. The van der Waals surface area contributed by atoms with Gasteiger partial charge in [-0.05, 0) is 76.2 Å². The third-order valence-corrected chi connectivity index (χ3v) is 7.01. The van der Waals surface area contributed by atoms with Gasteiger partial charge < -0.3 is 8.92 Å². The van der Waals surface area contributed by atoms with Crippen molar-refractivity contribution in [3.8, 4) is 11.5 Å². The quantitative estimate of drug-likeness (QED) is 0.127. The lowest BCUT2D eigenvalue weighted by Gasteiger charge is -2.14. The Bertz CT molecular complexity index is 1500. The summed E-state index contributed by atoms with van der Waals surface area (Å²) >= 11 is 1.98. The minimum absolute atomic E-state index is 0.0417. The van der Waals surface area contributed by atoms with Crippen LogP contribution in [0, 0.1) is 3.57 Å². The van der Waals surface area contributed by atoms with E-state index in [1.165, 1.54) is 18.3 Å². The Balaban J connectivity index is 1.56. The van der Waals surface area contributed by atoms with Crippen LogP contribution in [0.5, 0.6) is 11.5 Å². The first-order valence-corrected chi connectivity index (χ1v) is 13.1. The van der Waals surface area contributed by atoms with E-state index >= 15 is 0 Å². The Labute approximate surface area is 217 Å². The molecule has 7 nitrogen and oxygen atoms in total. The van der Waals surface area contributed by atoms with E-state index in [4.69, 9.17) is 8.92 Å². The Kier molecular flexibility index (Phi) is 7.67. The van der Waals surface area contributed by atoms with Crippen LogP contribution in [0.1, 0.15) is 22.8 Å². The fourth-order valence-corrected chi connectivity index (χ4v) is 5.26. The van der Waals surface area contributed by atoms with Crippen molar-refractivity contribution in [1.82, 2.24) is 5.43 Å². The van der Waals surface area contributed by atoms with Crippen LogP contribution in [0.2, 0.25) is 0 Å². The van der Waals surface area contributed by atoms with Gasteiger partial charge in [0.05, 0.1) is 16.4 Å². The fourth-order valence-electron chi connectivity index (χ4n) is 3.40. The van der Waals surface area contributed by atoms with Crippen LogP contribution >= 0.6 is 22.6 Å². The van der Waals surface area contributed by atoms with Gasteiger partial charge >= 0.3 is 10.1 Å². The van der Waals surface area contributed by atoms with Crippen LogP contribution in [-0.4, -0.2) is 27.1 Å². The summed E-state index contributed by atoms with van der Waals surface area (Å²) in [5.41, 5.74) is 3.66. The summed E-state index contributed by atoms with van der Waals surface area (Å²) in [6.45, 7) is 2.09. The van der Waals surface area contributed by atoms with E-state index in [1.54, 1.807) is 43.3 Å². The number of fused-ring (bicyclic) bond motifs is 1. The maximum Gasteiger partial charge on any atom is 0.339 e. The van der Waals surface area contributed by atoms with E-state index in [2.05, 4.69) is 10.5 Å². The van der Waals surface area contributed by atoms with Gasteiger partial charge in [-0.1, -0.05) is 54.6 Å². The highest BCUT2D eigenvalue weighted by Gasteiger charge is 2.22. The van der Waals surface area contributed by atoms with Crippen molar-refractivity contribution >= 4 is 55.6 Å². The van der Waals surface area contributed by atoms with Crippen LogP contribution < -0.4 is 14.3 Å². The van der Waals surface area contributed by atoms with Gasteiger partial charge in [-0.25, -0.2) is 5.43 Å². The minimum atomic E-state index is -4.04. The third kappa shape index (κ3) is 5.80. The molecule has 178 valence electrons. The van der Waals surface area contributed by atoms with Crippen molar-refractivity contribution in [2.45, 2.75) is 11.8 Å². The highest BCUT2D eigenvalue weighted by atomic mass is 127. The van der Waals surface area contributed by atoms with Crippen LogP contribution in [0.15, 0.2) is 94.9 Å². The smallest absolute Gasteiger partial charge is 0.339 e. The maximum absolute atomic E-state index is 12.7. The molecular weight excluding hydrogens is 579 g/mol. The predicted molar refractivity (Wildman–Crippen MR) is 144 cm³/mol. The first kappa shape index (κ1) is 24.7. The van der Waals surface area contributed by atoms with Crippen molar-refractivity contribution < 1.29 is 22.1 Å². The normalized spacial score (nSPS) is 11.5. The molecule has 0 bridgehead atoms. The molecule has 0 radical (unpaired) electrons. The predicted octanol–water partition coefficient (Wildman–Crippen LogP) is 5.37. The van der Waals surface area contributed by atoms with Crippen molar-refractivity contribution in [2.75, 3.05) is 6.61 Å². The van der Waals surface area contributed by atoms with E-state index < -0.39 is 10.1 Å². The molecular formula is C26H21IN2O5S. The number of ether oxygens (including phenoxy) is 1. The largest absolute Gasteiger partial charge is 0.490 e. The monoisotopic (exact) mass is 600 g/mol. The molecule has 0 fully saturated rings. The van der Waals surface area contributed by atoms with Crippen molar-refractivity contribution in [2.24, 2.45) is 5.10 Å². The molecule has 0 unspecified atom stereocenters. The Morgan fingerprint density at radius 1 is 1.00 bits per heavy atom. The van der Waals surface area contributed by atoms with Gasteiger partial charge in [0.15, 0.2) is 11.5 Å². The molecule has 0 saturated carbocycles. The van der Waals surface area contributed by atoms with Gasteiger partial charge in [0, 0.05) is 5.56 Å². The highest BCUT2D eigenvalue weighted by molar-refractivity contribution is 14.1. The number of hydrogen-bond donors (Lipinski definition) is 1. The van der Waals surface area contributed by atoms with E-state index in [9.17, 15) is 13.2 Å². The van der Waals surface area contributed by atoms with E-state index in [-0.39, 0.29) is 22.3 Å². The molecule has 0 aliphatic carbocycles. The topological polar surface area (TPSA) is 94.1 Å². The number of benzene rings is 4. The van der Waals surface area contributed by atoms with Gasteiger partial charge in [0.25, 0.3) is 5.91 Å². The van der Waals surface area contributed by atoms with E-state index in [0.717, 1.165) is 10.8 Å². The minimum Gasteiger partial charge on any atom is -0.490 e. The molecule has 0 saturated heterocycles. The fraction of sp³-hybridized carbons (Fsp3) is 0.0769. The van der Waals surface area contributed by atoms with Gasteiger partial charge in [-0.2, -0.15) is 13.5 Å². The van der Waals surface area contributed by atoms with Gasteiger partial charge in [-0.3, -0.25) is 4.79 Å². The van der Waals surface area contributed by atoms with Gasteiger partial charge in [-0.15, -0.1) is 0 Å². The number of halogens is 1. The summed E-state index contributed by atoms with van der Waals surface area (Å²) in [5, 5.41) is 5.87. The molecule has 0 spiro atoms. The molecule has 9 heteroatoms. The molecule has 1 amide bonds. The highest BCUT2D eigenvalue weighted by Crippen LogP contribution is 2.36. The molecule has 0 aromatic heterocycles. The van der Waals surface area contributed by atoms with Crippen LogP contribution in [0.4, 0.5) is 0 Å². The lowest BCUT2D eigenvalue weighted by Crippen LogP contribution is -2.18. The van der Waals surface area contributed by atoms with Crippen molar-refractivity contribution in [3.05, 3.63) is 99.6 Å². The number of hydrogen-bond acceptors (Lipinski definition) is 6. The lowest BCUT2D eigenvalue weighted by atomic mass is 10.0. The molecule has 4 aromatic rings. The molecule has 4 aromatic carbocycles. The molecule has 0 aliphatic rings. The molecule has 0 atom stereocenters. The van der Waals surface area contributed by atoms with E-state index in [1.807, 2.05) is 59.0 Å². The standard InChI is InChI=1S/C26H21IN2O5S/c1-2-33-24-16-18(15-23(27)25(24)34-35(31,32)20-11-4-3-5-12-20)17-28-29-26(30)22-14-8-10-19-9-6-7-13-21(19)22/h3-17H,2H2,1H3,(H,29,30)/b28-17-. The second-order valence-corrected chi connectivity index (χ2v) is 10.0. The van der Waals surface area contributed by atoms with Crippen LogP contribution in [-0.2, 0) is 10.1 Å². The zero-order valence-electron chi connectivity index (χ0n) is 18.6. The summed E-state index contributed by atoms with van der Waals surface area (Å²) < 4.78 is 37.0. The third-order valence-electron chi connectivity index (χ3n) is 4.97. The summed E-state index contributed by atoms with van der Waals surface area (Å²) in [7, 11) is -4.04. The first-order valence-electron chi connectivity index (χ1n) is 10.7. The number of nitrogens with zero attached hydrogens (tertiary/aromatic N) is 1. The van der Waals surface area contributed by atoms with Gasteiger partial charge in [0.2, 0.25) is 0 Å². The Morgan fingerprint density at radius 3 is 2.49 bits per heavy atom. The zero-order valence-corrected chi connectivity index (χ0v) is 21.6. The number of hydrazone groups is 1. The molecule has 4 rings (SSSR count). The van der Waals surface area contributed by atoms with Crippen LogP contribution in [0.25, 0.3) is 10.8 Å². The number of rotatable bonds is 8. The Hall–Kier alpha value is -3.44. The summed E-state index contributed by atoms with van der Waals surface area (Å²) in [6, 6.07) is 24.3. The average Bonchev–Trinajstić information content (AvgIpc) is 2.86. The molecule has 1 N–H and O–H groups in total. The number of nitrogens with one attached hydrogen (secondary N) is 1. The SMILES string of the molecule is CCOc1cc(/C=N\NC(=O)c2cccc3ccccc23)cc(I)c1OS(=O)(=O)c1ccccc1. The summed E-state index contributed by atoms with van der Waals surface area (Å²) in [6.07, 6.45) is 1.46. The maximum atomic E-state index is 12.7. The average molecular weight is 600 g/mol.